The Morgan fingerprint density at radius 2 is 1.96 bits per heavy atom. The molecular formula is C20H20ClN3O3. The molecule has 0 spiro atoms. The highest BCUT2D eigenvalue weighted by molar-refractivity contribution is 6.33. The van der Waals surface area contributed by atoms with Gasteiger partial charge >= 0.3 is 0 Å². The van der Waals surface area contributed by atoms with Crippen molar-refractivity contribution >= 4 is 17.5 Å². The van der Waals surface area contributed by atoms with Crippen molar-refractivity contribution in [3.63, 3.8) is 0 Å². The van der Waals surface area contributed by atoms with Crippen LogP contribution in [0.1, 0.15) is 17.0 Å². The first-order valence-corrected chi connectivity index (χ1v) is 8.83. The van der Waals surface area contributed by atoms with Crippen LogP contribution in [0, 0.1) is 13.8 Å². The lowest BCUT2D eigenvalue weighted by Crippen LogP contribution is -2.31. The van der Waals surface area contributed by atoms with Gasteiger partial charge in [-0.3, -0.25) is 4.79 Å². The van der Waals surface area contributed by atoms with Crippen LogP contribution in [-0.2, 0) is 11.3 Å². The predicted octanol–water partition coefficient (Wildman–Crippen LogP) is 4.04. The number of hydrogen-bond acceptors (Lipinski definition) is 5. The fraction of sp³-hybridized carbons (Fsp3) is 0.250. The molecule has 3 aromatic rings. The molecule has 140 valence electrons. The Balaban J connectivity index is 1.58. The summed E-state index contributed by atoms with van der Waals surface area (Å²) in [7, 11) is 1.66. The van der Waals surface area contributed by atoms with Crippen molar-refractivity contribution in [2.45, 2.75) is 20.4 Å². The summed E-state index contributed by atoms with van der Waals surface area (Å²) in [6, 6.07) is 13.0. The van der Waals surface area contributed by atoms with Gasteiger partial charge in [-0.2, -0.15) is 4.98 Å². The molecule has 7 heteroatoms. The third-order valence-corrected chi connectivity index (χ3v) is 4.55. The molecule has 0 radical (unpaired) electrons. The number of likely N-dealkylation sites (N-methyl/N-ethyl adjacent to an activating group) is 1. The average Bonchev–Trinajstić information content (AvgIpc) is 3.11. The lowest BCUT2D eigenvalue weighted by atomic mass is 10.1. The highest BCUT2D eigenvalue weighted by atomic mass is 35.5. The minimum absolute atomic E-state index is 0.0650. The van der Waals surface area contributed by atoms with Gasteiger partial charge in [-0.25, -0.2) is 0 Å². The van der Waals surface area contributed by atoms with E-state index in [1.807, 2.05) is 50.2 Å². The summed E-state index contributed by atoms with van der Waals surface area (Å²) in [5, 5.41) is 4.47. The van der Waals surface area contributed by atoms with E-state index in [-0.39, 0.29) is 19.1 Å². The van der Waals surface area contributed by atoms with Gasteiger partial charge in [-0.05, 0) is 49.2 Å². The largest absolute Gasteiger partial charge is 0.484 e. The Labute approximate surface area is 162 Å². The Morgan fingerprint density at radius 1 is 1.19 bits per heavy atom. The van der Waals surface area contributed by atoms with Gasteiger partial charge in [-0.15, -0.1) is 0 Å². The van der Waals surface area contributed by atoms with Gasteiger partial charge in [0.2, 0.25) is 11.7 Å². The number of carbonyl (C=O) groups is 1. The summed E-state index contributed by atoms with van der Waals surface area (Å²) in [6.07, 6.45) is 0. The van der Waals surface area contributed by atoms with Gasteiger partial charge in [0.15, 0.2) is 6.61 Å². The molecule has 6 nitrogen and oxygen atoms in total. The van der Waals surface area contributed by atoms with E-state index in [4.69, 9.17) is 20.9 Å². The first-order valence-electron chi connectivity index (χ1n) is 8.45. The number of benzene rings is 2. The summed E-state index contributed by atoms with van der Waals surface area (Å²) in [6.45, 7) is 4.15. The van der Waals surface area contributed by atoms with Crippen molar-refractivity contribution in [1.29, 1.82) is 0 Å². The smallest absolute Gasteiger partial charge is 0.260 e. The zero-order valence-corrected chi connectivity index (χ0v) is 16.2. The van der Waals surface area contributed by atoms with Crippen LogP contribution in [0.2, 0.25) is 5.02 Å². The van der Waals surface area contributed by atoms with Crippen LogP contribution < -0.4 is 4.74 Å². The Kier molecular flexibility index (Phi) is 5.76. The third kappa shape index (κ3) is 4.65. The summed E-state index contributed by atoms with van der Waals surface area (Å²) in [4.78, 5) is 18.1. The molecule has 0 aliphatic rings. The number of amides is 1. The summed E-state index contributed by atoms with van der Waals surface area (Å²) in [5.41, 5.74) is 2.98. The number of hydrogen-bond donors (Lipinski definition) is 0. The lowest BCUT2D eigenvalue weighted by molar-refractivity contribution is -0.132. The molecule has 1 amide bonds. The third-order valence-electron chi connectivity index (χ3n) is 4.22. The maximum atomic E-state index is 12.3. The molecule has 0 saturated heterocycles. The predicted molar refractivity (Wildman–Crippen MR) is 103 cm³/mol. The highest BCUT2D eigenvalue weighted by Gasteiger charge is 2.16. The van der Waals surface area contributed by atoms with E-state index in [0.29, 0.717) is 28.1 Å². The summed E-state index contributed by atoms with van der Waals surface area (Å²) >= 11 is 6.14. The summed E-state index contributed by atoms with van der Waals surface area (Å²) < 4.78 is 10.8. The molecule has 2 aromatic carbocycles. The fourth-order valence-corrected chi connectivity index (χ4v) is 2.64. The monoisotopic (exact) mass is 385 g/mol. The van der Waals surface area contributed by atoms with Crippen LogP contribution in [0.5, 0.6) is 5.75 Å². The van der Waals surface area contributed by atoms with Crippen molar-refractivity contribution in [2.75, 3.05) is 13.7 Å². The van der Waals surface area contributed by atoms with Gasteiger partial charge in [0.05, 0.1) is 11.6 Å². The number of ether oxygens (including phenoxy) is 1. The van der Waals surface area contributed by atoms with E-state index in [9.17, 15) is 4.79 Å². The number of carbonyl (C=O) groups excluding carboxylic acids is 1. The lowest BCUT2D eigenvalue weighted by Gasteiger charge is -2.15. The Morgan fingerprint density at radius 3 is 2.70 bits per heavy atom. The van der Waals surface area contributed by atoms with Gasteiger partial charge in [0.1, 0.15) is 5.75 Å². The first-order chi connectivity index (χ1) is 12.9. The van der Waals surface area contributed by atoms with Gasteiger partial charge < -0.3 is 14.2 Å². The molecule has 3 rings (SSSR count). The van der Waals surface area contributed by atoms with E-state index in [0.717, 1.165) is 5.56 Å². The summed E-state index contributed by atoms with van der Waals surface area (Å²) in [5.74, 6) is 1.19. The standard InChI is InChI=1S/C20H20ClN3O3/c1-13-8-9-15(10-14(13)2)26-12-19(25)24(3)11-18-22-20(23-27-18)16-6-4-5-7-17(16)21/h4-10H,11-12H2,1-3H3. The zero-order chi connectivity index (χ0) is 19.4. The van der Waals surface area contributed by atoms with Gasteiger partial charge in [0.25, 0.3) is 5.91 Å². The van der Waals surface area contributed by atoms with E-state index >= 15 is 0 Å². The number of nitrogens with zero attached hydrogens (tertiary/aromatic N) is 3. The SMILES string of the molecule is Cc1ccc(OCC(=O)N(C)Cc2nc(-c3ccccc3Cl)no2)cc1C. The molecule has 0 bridgehead atoms. The zero-order valence-electron chi connectivity index (χ0n) is 15.4. The first kappa shape index (κ1) is 18.9. The number of halogens is 1. The highest BCUT2D eigenvalue weighted by Crippen LogP contribution is 2.25. The minimum atomic E-state index is -0.189. The van der Waals surface area contributed by atoms with Crippen molar-refractivity contribution in [2.24, 2.45) is 0 Å². The van der Waals surface area contributed by atoms with Crippen LogP contribution >= 0.6 is 11.6 Å². The molecule has 0 N–H and O–H groups in total. The van der Waals surface area contributed by atoms with Crippen molar-refractivity contribution in [3.05, 3.63) is 64.5 Å². The molecule has 0 saturated carbocycles. The normalized spacial score (nSPS) is 10.7. The van der Waals surface area contributed by atoms with E-state index in [1.165, 1.54) is 10.5 Å². The molecule has 0 fully saturated rings. The van der Waals surface area contributed by atoms with E-state index < -0.39 is 0 Å². The maximum Gasteiger partial charge on any atom is 0.260 e. The van der Waals surface area contributed by atoms with E-state index in [1.54, 1.807) is 13.1 Å². The van der Waals surface area contributed by atoms with E-state index in [2.05, 4.69) is 10.1 Å². The Hall–Kier alpha value is -2.86. The maximum absolute atomic E-state index is 12.3. The molecule has 1 aromatic heterocycles. The second-order valence-corrected chi connectivity index (χ2v) is 6.68. The van der Waals surface area contributed by atoms with Crippen molar-refractivity contribution in [1.82, 2.24) is 15.0 Å². The molecule has 0 aliphatic carbocycles. The Bertz CT molecular complexity index is 955. The minimum Gasteiger partial charge on any atom is -0.484 e. The van der Waals surface area contributed by atoms with Crippen molar-refractivity contribution < 1.29 is 14.1 Å². The second kappa shape index (κ2) is 8.22. The quantitative estimate of drug-likeness (QED) is 0.640. The topological polar surface area (TPSA) is 68.5 Å². The number of aromatic nitrogens is 2. The molecule has 0 aliphatic heterocycles. The molecular weight excluding hydrogens is 366 g/mol. The van der Waals surface area contributed by atoms with Crippen LogP contribution in [0.3, 0.4) is 0 Å². The molecule has 1 heterocycles. The molecule has 0 unspecified atom stereocenters. The average molecular weight is 386 g/mol. The van der Waals surface area contributed by atoms with Gasteiger partial charge in [0, 0.05) is 12.6 Å². The van der Waals surface area contributed by atoms with Gasteiger partial charge in [-0.1, -0.05) is 35.0 Å². The van der Waals surface area contributed by atoms with Crippen LogP contribution in [0.25, 0.3) is 11.4 Å². The fourth-order valence-electron chi connectivity index (χ4n) is 2.42. The number of rotatable bonds is 6. The van der Waals surface area contributed by atoms with Crippen LogP contribution in [0.15, 0.2) is 47.0 Å². The van der Waals surface area contributed by atoms with Crippen molar-refractivity contribution in [3.8, 4) is 17.1 Å². The molecule has 27 heavy (non-hydrogen) atoms. The number of aryl methyl sites for hydroxylation is 2. The second-order valence-electron chi connectivity index (χ2n) is 6.28. The van der Waals surface area contributed by atoms with Crippen LogP contribution in [-0.4, -0.2) is 34.6 Å². The molecule has 0 atom stereocenters. The van der Waals surface area contributed by atoms with Crippen LogP contribution in [0.4, 0.5) is 0 Å².